The number of amidine groups is 1. The van der Waals surface area contributed by atoms with Gasteiger partial charge in [-0.25, -0.2) is 4.39 Å². The molecule has 0 aliphatic carbocycles. The Balaban J connectivity index is 1.97. The van der Waals surface area contributed by atoms with Crippen LogP contribution in [0.2, 0.25) is 0 Å². The topological polar surface area (TPSA) is 50.7 Å². The lowest BCUT2D eigenvalue weighted by Crippen LogP contribution is -2.06. The van der Waals surface area contributed by atoms with E-state index in [1.54, 1.807) is 6.07 Å². The molecular formula is C15H12BrFIN3S. The smallest absolute Gasteiger partial charge is 0.180 e. The molecule has 0 spiro atoms. The fourth-order valence-electron chi connectivity index (χ4n) is 1.55. The Bertz CT molecular complexity index is 707. The molecule has 0 atom stereocenters. The second-order valence-electron chi connectivity index (χ2n) is 4.24. The Labute approximate surface area is 154 Å². The first kappa shape index (κ1) is 17.4. The van der Waals surface area contributed by atoms with Crippen molar-refractivity contribution in [2.24, 2.45) is 15.9 Å². The van der Waals surface area contributed by atoms with E-state index < -0.39 is 0 Å². The summed E-state index contributed by atoms with van der Waals surface area (Å²) in [6.45, 7) is 0. The maximum atomic E-state index is 13.7. The summed E-state index contributed by atoms with van der Waals surface area (Å²) in [7, 11) is 0. The van der Waals surface area contributed by atoms with Gasteiger partial charge in [0.2, 0.25) is 0 Å². The van der Waals surface area contributed by atoms with E-state index in [9.17, 15) is 4.39 Å². The molecule has 0 unspecified atom stereocenters. The SMILES string of the molecule is NC(=NN=Cc1cc(I)c(Br)cc1F)SCc1ccccc1. The predicted molar refractivity (Wildman–Crippen MR) is 104 cm³/mol. The zero-order valence-electron chi connectivity index (χ0n) is 11.3. The minimum Gasteiger partial charge on any atom is -0.377 e. The third kappa shape index (κ3) is 5.36. The van der Waals surface area contributed by atoms with Gasteiger partial charge in [0, 0.05) is 19.4 Å². The van der Waals surface area contributed by atoms with E-state index in [0.717, 1.165) is 14.9 Å². The Hall–Kier alpha value is -0.930. The molecule has 0 aliphatic rings. The van der Waals surface area contributed by atoms with Crippen LogP contribution in [0.4, 0.5) is 4.39 Å². The van der Waals surface area contributed by atoms with Crippen LogP contribution in [-0.2, 0) is 5.75 Å². The second kappa shape index (κ2) is 8.64. The van der Waals surface area contributed by atoms with Crippen molar-refractivity contribution in [2.45, 2.75) is 5.75 Å². The van der Waals surface area contributed by atoms with Crippen LogP contribution in [0, 0.1) is 9.39 Å². The second-order valence-corrected chi connectivity index (χ2v) is 7.26. The quantitative estimate of drug-likeness (QED) is 0.220. The van der Waals surface area contributed by atoms with E-state index in [1.807, 2.05) is 30.3 Å². The molecule has 0 aliphatic heterocycles. The number of hydrogen-bond acceptors (Lipinski definition) is 3. The predicted octanol–water partition coefficient (Wildman–Crippen LogP) is 4.77. The molecule has 0 saturated carbocycles. The van der Waals surface area contributed by atoms with Crippen molar-refractivity contribution >= 4 is 61.7 Å². The van der Waals surface area contributed by atoms with Crippen LogP contribution in [0.5, 0.6) is 0 Å². The highest BCUT2D eigenvalue weighted by molar-refractivity contribution is 14.1. The molecule has 0 radical (unpaired) electrons. The van der Waals surface area contributed by atoms with Gasteiger partial charge in [0.05, 0.1) is 6.21 Å². The van der Waals surface area contributed by atoms with Gasteiger partial charge in [-0.1, -0.05) is 42.1 Å². The summed E-state index contributed by atoms with van der Waals surface area (Å²) < 4.78 is 15.3. The first-order valence-corrected chi connectivity index (χ1v) is 9.10. The molecule has 7 heteroatoms. The lowest BCUT2D eigenvalue weighted by molar-refractivity contribution is 0.624. The molecule has 0 fully saturated rings. The summed E-state index contributed by atoms with van der Waals surface area (Å²) in [5.74, 6) is 0.359. The average molecular weight is 492 g/mol. The highest BCUT2D eigenvalue weighted by Crippen LogP contribution is 2.22. The van der Waals surface area contributed by atoms with Crippen molar-refractivity contribution in [1.29, 1.82) is 0 Å². The number of hydrogen-bond donors (Lipinski definition) is 1. The third-order valence-corrected chi connectivity index (χ3v) is 5.77. The Morgan fingerprint density at radius 1 is 1.32 bits per heavy atom. The van der Waals surface area contributed by atoms with Crippen molar-refractivity contribution in [3.05, 3.63) is 67.5 Å². The molecule has 2 aromatic carbocycles. The van der Waals surface area contributed by atoms with Crippen LogP contribution >= 0.6 is 50.3 Å². The lowest BCUT2D eigenvalue weighted by atomic mass is 10.2. The molecule has 2 aromatic rings. The Morgan fingerprint density at radius 2 is 2.05 bits per heavy atom. The van der Waals surface area contributed by atoms with E-state index in [1.165, 1.54) is 24.0 Å². The van der Waals surface area contributed by atoms with E-state index in [2.05, 4.69) is 48.7 Å². The molecule has 2 N–H and O–H groups in total. The van der Waals surface area contributed by atoms with Gasteiger partial charge in [-0.15, -0.1) is 5.10 Å². The number of benzene rings is 2. The summed E-state index contributed by atoms with van der Waals surface area (Å²) in [6.07, 6.45) is 1.36. The van der Waals surface area contributed by atoms with Crippen LogP contribution in [0.1, 0.15) is 11.1 Å². The number of nitrogens with zero attached hydrogens (tertiary/aromatic N) is 2. The molecule has 0 aromatic heterocycles. The molecule has 2 rings (SSSR count). The van der Waals surface area contributed by atoms with Gasteiger partial charge in [0.1, 0.15) is 5.82 Å². The van der Waals surface area contributed by atoms with Crippen molar-refractivity contribution in [3.63, 3.8) is 0 Å². The van der Waals surface area contributed by atoms with Crippen molar-refractivity contribution in [2.75, 3.05) is 0 Å². The lowest BCUT2D eigenvalue weighted by Gasteiger charge is -2.00. The van der Waals surface area contributed by atoms with Gasteiger partial charge in [0.25, 0.3) is 0 Å². The van der Waals surface area contributed by atoms with Gasteiger partial charge in [-0.2, -0.15) is 5.10 Å². The average Bonchev–Trinajstić information content (AvgIpc) is 2.51. The summed E-state index contributed by atoms with van der Waals surface area (Å²) in [5, 5.41) is 8.06. The van der Waals surface area contributed by atoms with Gasteiger partial charge >= 0.3 is 0 Å². The minimum absolute atomic E-state index is 0.340. The number of thioether (sulfide) groups is 1. The molecule has 0 heterocycles. The zero-order chi connectivity index (χ0) is 15.9. The van der Waals surface area contributed by atoms with Crippen molar-refractivity contribution < 1.29 is 4.39 Å². The summed E-state index contributed by atoms with van der Waals surface area (Å²) in [4.78, 5) is 0. The molecule has 0 bridgehead atoms. The first-order chi connectivity index (χ1) is 10.6. The van der Waals surface area contributed by atoms with Crippen LogP contribution < -0.4 is 5.73 Å². The van der Waals surface area contributed by atoms with Crippen LogP contribution in [0.15, 0.2) is 57.1 Å². The standard InChI is InChI=1S/C15H12BrFIN3S/c16-12-7-13(17)11(6-14(12)18)8-20-21-15(19)22-9-10-4-2-1-3-5-10/h1-8H,9H2,(H2,19,21). The summed E-state index contributed by atoms with van der Waals surface area (Å²) >= 11 is 6.77. The van der Waals surface area contributed by atoms with E-state index in [0.29, 0.717) is 15.2 Å². The fraction of sp³-hybridized carbons (Fsp3) is 0.0667. The number of halogens is 3. The third-order valence-electron chi connectivity index (χ3n) is 2.62. The van der Waals surface area contributed by atoms with Gasteiger partial charge < -0.3 is 5.73 Å². The summed E-state index contributed by atoms with van der Waals surface area (Å²) in [6, 6.07) is 13.0. The van der Waals surface area contributed by atoms with Crippen LogP contribution in [0.3, 0.4) is 0 Å². The van der Waals surface area contributed by atoms with E-state index in [-0.39, 0.29) is 5.82 Å². The van der Waals surface area contributed by atoms with Crippen molar-refractivity contribution in [3.8, 4) is 0 Å². The molecule has 22 heavy (non-hydrogen) atoms. The van der Waals surface area contributed by atoms with Crippen LogP contribution in [-0.4, -0.2) is 11.4 Å². The fourth-order valence-corrected chi connectivity index (χ4v) is 2.96. The molecule has 0 saturated heterocycles. The largest absolute Gasteiger partial charge is 0.377 e. The number of nitrogens with two attached hydrogens (primary N) is 1. The number of rotatable bonds is 4. The highest BCUT2D eigenvalue weighted by atomic mass is 127. The normalized spacial score (nSPS) is 12.0. The minimum atomic E-state index is -0.359. The highest BCUT2D eigenvalue weighted by Gasteiger charge is 2.04. The molecule has 0 amide bonds. The first-order valence-electron chi connectivity index (χ1n) is 6.24. The van der Waals surface area contributed by atoms with Crippen LogP contribution in [0.25, 0.3) is 0 Å². The summed E-state index contributed by atoms with van der Waals surface area (Å²) in [5.41, 5.74) is 7.30. The van der Waals surface area contributed by atoms with Crippen molar-refractivity contribution in [1.82, 2.24) is 0 Å². The monoisotopic (exact) mass is 491 g/mol. The van der Waals surface area contributed by atoms with E-state index in [4.69, 9.17) is 5.73 Å². The maximum absolute atomic E-state index is 13.7. The maximum Gasteiger partial charge on any atom is 0.180 e. The van der Waals surface area contributed by atoms with E-state index >= 15 is 0 Å². The van der Waals surface area contributed by atoms with Gasteiger partial charge in [0.15, 0.2) is 5.17 Å². The molecule has 114 valence electrons. The zero-order valence-corrected chi connectivity index (χ0v) is 15.9. The van der Waals surface area contributed by atoms with Gasteiger partial charge in [-0.05, 0) is 56.2 Å². The van der Waals surface area contributed by atoms with Gasteiger partial charge in [-0.3, -0.25) is 0 Å². The molecule has 3 nitrogen and oxygen atoms in total. The molecular weight excluding hydrogens is 480 g/mol. The Morgan fingerprint density at radius 3 is 2.77 bits per heavy atom. The Kier molecular flexibility index (Phi) is 6.84.